The van der Waals surface area contributed by atoms with E-state index in [1.54, 1.807) is 6.07 Å². The Labute approximate surface area is 105 Å². The van der Waals surface area contributed by atoms with Gasteiger partial charge in [-0.3, -0.25) is 0 Å². The number of nitriles is 1. The van der Waals surface area contributed by atoms with Crippen molar-refractivity contribution >= 4 is 21.6 Å². The molecule has 17 heavy (non-hydrogen) atoms. The largest absolute Gasteiger partial charge is 0.416 e. The monoisotopic (exact) mass is 304 g/mol. The van der Waals surface area contributed by atoms with Gasteiger partial charge in [-0.2, -0.15) is 18.4 Å². The van der Waals surface area contributed by atoms with Crippen LogP contribution < -0.4 is 5.32 Å². The zero-order valence-electron chi connectivity index (χ0n) is 8.61. The Bertz CT molecular complexity index is 475. The van der Waals surface area contributed by atoms with Crippen molar-refractivity contribution in [2.24, 2.45) is 0 Å². The van der Waals surface area contributed by atoms with E-state index in [1.165, 1.54) is 6.07 Å². The molecular formula is C11H8BrF3N2. The number of nitrogens with one attached hydrogen (secondary N) is 1. The Morgan fingerprint density at radius 2 is 2.12 bits per heavy atom. The first-order chi connectivity index (χ1) is 7.84. The second-order valence-electron chi connectivity index (χ2n) is 3.24. The van der Waals surface area contributed by atoms with Crippen LogP contribution in [0.25, 0.3) is 0 Å². The Kier molecular flexibility index (Phi) is 4.18. The van der Waals surface area contributed by atoms with E-state index in [2.05, 4.69) is 27.8 Å². The van der Waals surface area contributed by atoms with Gasteiger partial charge in [0.25, 0.3) is 0 Å². The first kappa shape index (κ1) is 13.6. The van der Waals surface area contributed by atoms with Crippen LogP contribution >= 0.6 is 15.9 Å². The molecule has 1 aromatic carbocycles. The summed E-state index contributed by atoms with van der Waals surface area (Å²) in [4.78, 5) is 0. The molecule has 2 nitrogen and oxygen atoms in total. The van der Waals surface area contributed by atoms with Gasteiger partial charge in [0.2, 0.25) is 0 Å². The minimum absolute atomic E-state index is 0.0476. The zero-order chi connectivity index (χ0) is 13.1. The Morgan fingerprint density at radius 3 is 2.59 bits per heavy atom. The van der Waals surface area contributed by atoms with Crippen molar-refractivity contribution in [3.8, 4) is 6.07 Å². The maximum atomic E-state index is 12.4. The average Bonchev–Trinajstić information content (AvgIpc) is 2.24. The summed E-state index contributed by atoms with van der Waals surface area (Å²) in [6.45, 7) is 3.91. The standard InChI is InChI=1S/C11H8BrF3N2/c1-7(12)6-17-10-3-2-9(11(13,14)15)4-8(10)5-16/h2-4,17H,1,6H2. The molecule has 0 fully saturated rings. The number of hydrogen-bond donors (Lipinski definition) is 1. The normalized spacial score (nSPS) is 10.8. The highest BCUT2D eigenvalue weighted by atomic mass is 79.9. The Hall–Kier alpha value is -1.48. The molecule has 0 heterocycles. The summed E-state index contributed by atoms with van der Waals surface area (Å²) < 4.78 is 37.8. The number of rotatable bonds is 3. The summed E-state index contributed by atoms with van der Waals surface area (Å²) in [5, 5.41) is 11.6. The molecule has 0 aliphatic rings. The van der Waals surface area contributed by atoms with Crippen LogP contribution in [-0.2, 0) is 6.18 Å². The molecule has 1 aromatic rings. The first-order valence-electron chi connectivity index (χ1n) is 4.53. The van der Waals surface area contributed by atoms with Gasteiger partial charge in [0.1, 0.15) is 6.07 Å². The molecule has 1 rings (SSSR count). The molecule has 1 N–H and O–H groups in total. The van der Waals surface area contributed by atoms with Gasteiger partial charge in [0.05, 0.1) is 16.8 Å². The molecule has 0 aliphatic carbocycles. The molecule has 0 unspecified atom stereocenters. The Balaban J connectivity index is 3.03. The second-order valence-corrected chi connectivity index (χ2v) is 4.36. The van der Waals surface area contributed by atoms with Gasteiger partial charge in [-0.25, -0.2) is 0 Å². The lowest BCUT2D eigenvalue weighted by Gasteiger charge is -2.11. The fraction of sp³-hybridized carbons (Fsp3) is 0.182. The van der Waals surface area contributed by atoms with Crippen LogP contribution in [0.5, 0.6) is 0 Å². The quantitative estimate of drug-likeness (QED) is 0.919. The third kappa shape index (κ3) is 3.79. The lowest BCUT2D eigenvalue weighted by atomic mass is 10.1. The molecule has 6 heteroatoms. The molecule has 90 valence electrons. The SMILES string of the molecule is C=C(Br)CNc1ccc(C(F)(F)F)cc1C#N. The highest BCUT2D eigenvalue weighted by molar-refractivity contribution is 9.11. The van der Waals surface area contributed by atoms with E-state index in [4.69, 9.17) is 5.26 Å². The molecule has 0 aliphatic heterocycles. The van der Waals surface area contributed by atoms with Crippen molar-refractivity contribution < 1.29 is 13.2 Å². The molecule has 0 amide bonds. The minimum Gasteiger partial charge on any atom is -0.379 e. The van der Waals surface area contributed by atoms with Gasteiger partial charge in [-0.15, -0.1) is 0 Å². The number of halogens is 4. The van der Waals surface area contributed by atoms with E-state index in [0.717, 1.165) is 12.1 Å². The minimum atomic E-state index is -4.44. The van der Waals surface area contributed by atoms with Gasteiger partial charge in [0, 0.05) is 11.0 Å². The van der Waals surface area contributed by atoms with Crippen LogP contribution in [0.1, 0.15) is 11.1 Å². The summed E-state index contributed by atoms with van der Waals surface area (Å²) in [6, 6.07) is 4.71. The number of anilines is 1. The summed E-state index contributed by atoms with van der Waals surface area (Å²) >= 11 is 3.10. The summed E-state index contributed by atoms with van der Waals surface area (Å²) in [7, 11) is 0. The van der Waals surface area contributed by atoms with Gasteiger partial charge in [-0.1, -0.05) is 22.5 Å². The molecule has 0 atom stereocenters. The third-order valence-electron chi connectivity index (χ3n) is 1.94. The zero-order valence-corrected chi connectivity index (χ0v) is 10.2. The number of benzene rings is 1. The van der Waals surface area contributed by atoms with Crippen molar-refractivity contribution in [3.05, 3.63) is 40.4 Å². The number of alkyl halides is 3. The average molecular weight is 305 g/mol. The smallest absolute Gasteiger partial charge is 0.379 e. The molecule has 0 saturated heterocycles. The molecule has 0 spiro atoms. The number of hydrogen-bond acceptors (Lipinski definition) is 2. The topological polar surface area (TPSA) is 35.8 Å². The van der Waals surface area contributed by atoms with Crippen LogP contribution in [-0.4, -0.2) is 6.54 Å². The highest BCUT2D eigenvalue weighted by Gasteiger charge is 2.30. The van der Waals surface area contributed by atoms with E-state index >= 15 is 0 Å². The predicted octanol–water partition coefficient (Wildman–Crippen LogP) is 3.90. The van der Waals surface area contributed by atoms with Crippen molar-refractivity contribution in [1.29, 1.82) is 5.26 Å². The third-order valence-corrected chi connectivity index (χ3v) is 2.22. The van der Waals surface area contributed by atoms with Gasteiger partial charge < -0.3 is 5.32 Å². The molecule has 0 radical (unpaired) electrons. The van der Waals surface area contributed by atoms with Crippen molar-refractivity contribution in [2.45, 2.75) is 6.18 Å². The van der Waals surface area contributed by atoms with Crippen LogP contribution in [0.15, 0.2) is 29.3 Å². The maximum Gasteiger partial charge on any atom is 0.416 e. The fourth-order valence-corrected chi connectivity index (χ4v) is 1.30. The molecular weight excluding hydrogens is 297 g/mol. The lowest BCUT2D eigenvalue weighted by Crippen LogP contribution is -2.07. The van der Waals surface area contributed by atoms with E-state index < -0.39 is 11.7 Å². The van der Waals surface area contributed by atoms with E-state index in [9.17, 15) is 13.2 Å². The van der Waals surface area contributed by atoms with E-state index in [1.807, 2.05) is 0 Å². The lowest BCUT2D eigenvalue weighted by molar-refractivity contribution is -0.137. The summed E-state index contributed by atoms with van der Waals surface area (Å²) in [5.74, 6) is 0. The van der Waals surface area contributed by atoms with Crippen molar-refractivity contribution in [3.63, 3.8) is 0 Å². The highest BCUT2D eigenvalue weighted by Crippen LogP contribution is 2.31. The Morgan fingerprint density at radius 1 is 1.47 bits per heavy atom. The van der Waals surface area contributed by atoms with Gasteiger partial charge >= 0.3 is 6.18 Å². The number of nitrogens with zero attached hydrogens (tertiary/aromatic N) is 1. The van der Waals surface area contributed by atoms with E-state index in [-0.39, 0.29) is 5.56 Å². The first-order valence-corrected chi connectivity index (χ1v) is 5.32. The fourth-order valence-electron chi connectivity index (χ4n) is 1.16. The van der Waals surface area contributed by atoms with Crippen molar-refractivity contribution in [2.75, 3.05) is 11.9 Å². The van der Waals surface area contributed by atoms with Crippen LogP contribution in [0.4, 0.5) is 18.9 Å². The maximum absolute atomic E-state index is 12.4. The predicted molar refractivity (Wildman–Crippen MR) is 62.7 cm³/mol. The van der Waals surface area contributed by atoms with Crippen LogP contribution in [0.3, 0.4) is 0 Å². The van der Waals surface area contributed by atoms with E-state index in [0.29, 0.717) is 16.7 Å². The molecule has 0 saturated carbocycles. The molecule has 0 aromatic heterocycles. The summed E-state index contributed by atoms with van der Waals surface area (Å²) in [5.41, 5.74) is -0.535. The van der Waals surface area contributed by atoms with Gasteiger partial charge in [0.15, 0.2) is 0 Å². The van der Waals surface area contributed by atoms with Crippen LogP contribution in [0.2, 0.25) is 0 Å². The van der Waals surface area contributed by atoms with Gasteiger partial charge in [-0.05, 0) is 18.2 Å². The van der Waals surface area contributed by atoms with Crippen molar-refractivity contribution in [1.82, 2.24) is 0 Å². The molecule has 0 bridgehead atoms. The summed E-state index contributed by atoms with van der Waals surface area (Å²) in [6.07, 6.45) is -4.44. The second kappa shape index (κ2) is 5.23. The van der Waals surface area contributed by atoms with Crippen LogP contribution in [0, 0.1) is 11.3 Å².